The molecule has 2 rings (SSSR count). The van der Waals surface area contributed by atoms with Crippen LogP contribution in [0.2, 0.25) is 0 Å². The van der Waals surface area contributed by atoms with Crippen LogP contribution < -0.4 is 0 Å². The van der Waals surface area contributed by atoms with Gasteiger partial charge in [-0.2, -0.15) is 0 Å². The lowest BCUT2D eigenvalue weighted by molar-refractivity contribution is 0.119. The third kappa shape index (κ3) is 6.00. The molecule has 3 heteroatoms. The average molecular weight is 349 g/mol. The summed E-state index contributed by atoms with van der Waals surface area (Å²) < 4.78 is 0. The van der Waals surface area contributed by atoms with Gasteiger partial charge in [-0.1, -0.05) is 58.1 Å². The zero-order chi connectivity index (χ0) is 18.3. The van der Waals surface area contributed by atoms with Gasteiger partial charge in [-0.25, -0.2) is 0 Å². The zero-order valence-corrected chi connectivity index (χ0v) is 16.0. The molecule has 1 aliphatic carbocycles. The van der Waals surface area contributed by atoms with Crippen LogP contribution in [0.15, 0.2) is 18.2 Å². The number of aliphatic hydroxyl groups excluding tert-OH is 2. The van der Waals surface area contributed by atoms with E-state index in [0.29, 0.717) is 12.4 Å². The van der Waals surface area contributed by atoms with Crippen molar-refractivity contribution in [3.05, 3.63) is 29.3 Å². The third-order valence-corrected chi connectivity index (χ3v) is 5.86. The largest absolute Gasteiger partial charge is 0.508 e. The van der Waals surface area contributed by atoms with E-state index in [9.17, 15) is 10.2 Å². The molecule has 1 aromatic rings. The number of unbranched alkanes of at least 4 members (excludes halogenated alkanes) is 4. The Bertz CT molecular complexity index is 524. The third-order valence-electron chi connectivity index (χ3n) is 5.86. The van der Waals surface area contributed by atoms with E-state index in [1.165, 1.54) is 24.8 Å². The molecule has 0 spiro atoms. The highest BCUT2D eigenvalue weighted by Crippen LogP contribution is 2.40. The average Bonchev–Trinajstić information content (AvgIpc) is 2.58. The fourth-order valence-electron chi connectivity index (χ4n) is 4.11. The summed E-state index contributed by atoms with van der Waals surface area (Å²) >= 11 is 0. The smallest absolute Gasteiger partial charge is 0.119 e. The van der Waals surface area contributed by atoms with Gasteiger partial charge in [0.2, 0.25) is 0 Å². The predicted molar refractivity (Wildman–Crippen MR) is 103 cm³/mol. The number of benzene rings is 1. The molecule has 0 saturated heterocycles. The highest BCUT2D eigenvalue weighted by atomic mass is 16.3. The lowest BCUT2D eigenvalue weighted by Gasteiger charge is -2.29. The van der Waals surface area contributed by atoms with Crippen molar-refractivity contribution in [2.24, 2.45) is 0 Å². The first-order chi connectivity index (χ1) is 11.9. The maximum Gasteiger partial charge on any atom is 0.119 e. The number of phenols is 1. The first-order valence-corrected chi connectivity index (χ1v) is 10.1. The van der Waals surface area contributed by atoms with Crippen LogP contribution in [0.4, 0.5) is 0 Å². The number of phenolic OH excluding ortho intramolecular Hbond substituents is 1. The van der Waals surface area contributed by atoms with E-state index in [1.807, 2.05) is 6.07 Å². The van der Waals surface area contributed by atoms with Crippen LogP contribution in [0.5, 0.6) is 5.75 Å². The molecule has 0 aliphatic heterocycles. The number of aromatic hydroxyl groups is 1. The van der Waals surface area contributed by atoms with E-state index in [0.717, 1.165) is 50.5 Å². The Morgan fingerprint density at radius 3 is 2.44 bits per heavy atom. The molecule has 0 radical (unpaired) electrons. The quantitative estimate of drug-likeness (QED) is 0.549. The van der Waals surface area contributed by atoms with Gasteiger partial charge in [0.15, 0.2) is 0 Å². The van der Waals surface area contributed by atoms with Gasteiger partial charge in [0.25, 0.3) is 0 Å². The monoisotopic (exact) mass is 348 g/mol. The Labute approximate surface area is 153 Å². The fourth-order valence-corrected chi connectivity index (χ4v) is 4.11. The second-order valence-corrected chi connectivity index (χ2v) is 8.42. The summed E-state index contributed by atoms with van der Waals surface area (Å²) in [6.07, 6.45) is 10.2. The van der Waals surface area contributed by atoms with Gasteiger partial charge < -0.3 is 15.3 Å². The molecule has 1 fully saturated rings. The van der Waals surface area contributed by atoms with Crippen LogP contribution in [-0.2, 0) is 5.41 Å². The Morgan fingerprint density at radius 1 is 1.04 bits per heavy atom. The number of hydrogen-bond acceptors (Lipinski definition) is 3. The zero-order valence-electron chi connectivity index (χ0n) is 16.0. The molecule has 1 aromatic carbocycles. The van der Waals surface area contributed by atoms with Crippen molar-refractivity contribution in [3.63, 3.8) is 0 Å². The summed E-state index contributed by atoms with van der Waals surface area (Å²) in [6.45, 7) is 4.80. The molecular weight excluding hydrogens is 312 g/mol. The minimum absolute atomic E-state index is 0.0546. The number of hydrogen-bond donors (Lipinski definition) is 3. The Kier molecular flexibility index (Phi) is 7.77. The van der Waals surface area contributed by atoms with Crippen molar-refractivity contribution in [2.75, 3.05) is 6.61 Å². The van der Waals surface area contributed by atoms with E-state index in [-0.39, 0.29) is 17.4 Å². The van der Waals surface area contributed by atoms with Gasteiger partial charge in [0, 0.05) is 6.61 Å². The molecule has 0 unspecified atom stereocenters. The van der Waals surface area contributed by atoms with E-state index < -0.39 is 0 Å². The molecule has 3 nitrogen and oxygen atoms in total. The van der Waals surface area contributed by atoms with Gasteiger partial charge in [0.05, 0.1) is 6.10 Å². The van der Waals surface area contributed by atoms with Gasteiger partial charge in [-0.15, -0.1) is 0 Å². The topological polar surface area (TPSA) is 60.7 Å². The van der Waals surface area contributed by atoms with Crippen LogP contribution in [0.1, 0.15) is 95.1 Å². The van der Waals surface area contributed by atoms with Crippen LogP contribution in [-0.4, -0.2) is 28.0 Å². The van der Waals surface area contributed by atoms with Crippen LogP contribution in [0.25, 0.3) is 0 Å². The van der Waals surface area contributed by atoms with Gasteiger partial charge >= 0.3 is 0 Å². The van der Waals surface area contributed by atoms with Crippen molar-refractivity contribution in [1.29, 1.82) is 0 Å². The van der Waals surface area contributed by atoms with Gasteiger partial charge in [0.1, 0.15) is 5.75 Å². The molecule has 0 aromatic heterocycles. The lowest BCUT2D eigenvalue weighted by atomic mass is 9.77. The standard InChI is InChI=1S/C22H36O3/c1-22(2,13-6-4-3-5-7-14-23)18-11-12-20(21(25)16-18)17-9-8-10-19(24)15-17/h11-12,16-17,19,23-25H,3-10,13-15H2,1-2H3/t17-,19+/m0/s1. The number of aliphatic hydroxyl groups is 2. The highest BCUT2D eigenvalue weighted by molar-refractivity contribution is 5.41. The second kappa shape index (κ2) is 9.59. The molecule has 1 aliphatic rings. The van der Waals surface area contributed by atoms with Crippen LogP contribution in [0, 0.1) is 0 Å². The Hall–Kier alpha value is -1.06. The molecule has 0 heterocycles. The molecule has 0 bridgehead atoms. The molecule has 1 saturated carbocycles. The van der Waals surface area contributed by atoms with E-state index in [2.05, 4.69) is 26.0 Å². The first kappa shape index (κ1) is 20.3. The van der Waals surface area contributed by atoms with E-state index in [1.54, 1.807) is 0 Å². The normalized spacial score (nSPS) is 21.4. The Balaban J connectivity index is 1.93. The van der Waals surface area contributed by atoms with Crippen LogP contribution in [0.3, 0.4) is 0 Å². The molecule has 2 atom stereocenters. The summed E-state index contributed by atoms with van der Waals surface area (Å²) in [7, 11) is 0. The molecule has 25 heavy (non-hydrogen) atoms. The first-order valence-electron chi connectivity index (χ1n) is 10.1. The maximum atomic E-state index is 10.6. The van der Waals surface area contributed by atoms with Crippen molar-refractivity contribution in [1.82, 2.24) is 0 Å². The van der Waals surface area contributed by atoms with Crippen molar-refractivity contribution < 1.29 is 15.3 Å². The van der Waals surface area contributed by atoms with Crippen LogP contribution >= 0.6 is 0 Å². The summed E-state index contributed by atoms with van der Waals surface area (Å²) in [6, 6.07) is 6.19. The van der Waals surface area contributed by atoms with Crippen molar-refractivity contribution >= 4 is 0 Å². The summed E-state index contributed by atoms with van der Waals surface area (Å²) in [5.74, 6) is 0.681. The van der Waals surface area contributed by atoms with Crippen molar-refractivity contribution in [3.8, 4) is 5.75 Å². The van der Waals surface area contributed by atoms with E-state index in [4.69, 9.17) is 5.11 Å². The lowest BCUT2D eigenvalue weighted by Crippen LogP contribution is -2.19. The van der Waals surface area contributed by atoms with Gasteiger partial charge in [-0.3, -0.25) is 0 Å². The summed E-state index contributed by atoms with van der Waals surface area (Å²) in [5, 5.41) is 29.3. The molecular formula is C22H36O3. The molecule has 0 amide bonds. The molecule has 3 N–H and O–H groups in total. The summed E-state index contributed by atoms with van der Waals surface area (Å²) in [4.78, 5) is 0. The highest BCUT2D eigenvalue weighted by Gasteiger charge is 2.26. The Morgan fingerprint density at radius 2 is 1.76 bits per heavy atom. The number of rotatable bonds is 9. The minimum Gasteiger partial charge on any atom is -0.508 e. The predicted octanol–water partition coefficient (Wildman–Crippen LogP) is 5.02. The second-order valence-electron chi connectivity index (χ2n) is 8.42. The van der Waals surface area contributed by atoms with E-state index >= 15 is 0 Å². The van der Waals surface area contributed by atoms with Crippen molar-refractivity contribution in [2.45, 2.75) is 95.5 Å². The SMILES string of the molecule is CC(C)(CCCCCCCO)c1ccc([C@H]2CCC[C@@H](O)C2)c(O)c1. The minimum atomic E-state index is -0.222. The summed E-state index contributed by atoms with van der Waals surface area (Å²) in [5.41, 5.74) is 2.25. The fraction of sp³-hybridized carbons (Fsp3) is 0.727. The molecule has 142 valence electrons. The maximum absolute atomic E-state index is 10.6. The van der Waals surface area contributed by atoms with Gasteiger partial charge in [-0.05, 0) is 60.6 Å².